The second-order valence-electron chi connectivity index (χ2n) is 13.2. The molecule has 2 aromatic carbocycles. The third-order valence-corrected chi connectivity index (χ3v) is 9.97. The third kappa shape index (κ3) is 8.92. The summed E-state index contributed by atoms with van der Waals surface area (Å²) in [5.74, 6) is -0.0336. The number of pyridine rings is 2. The number of aromatic nitrogens is 2. The Hall–Kier alpha value is -5.60. The van der Waals surface area contributed by atoms with Crippen molar-refractivity contribution in [1.29, 1.82) is 0 Å². The number of carbonyl (C=O) groups is 2. The smallest absolute Gasteiger partial charge is 0.341 e. The number of aromatic carboxylic acids is 2. The molecule has 0 amide bonds. The number of benzene rings is 2. The Morgan fingerprint density at radius 3 is 1.32 bits per heavy atom. The summed E-state index contributed by atoms with van der Waals surface area (Å²) < 4.78 is 37.0. The largest absolute Gasteiger partial charge is 0.493 e. The van der Waals surface area contributed by atoms with Gasteiger partial charge in [0.05, 0.1) is 38.8 Å². The molecule has 2 atom stereocenters. The number of nitrogens with zero attached hydrogens (tertiary/aromatic N) is 2. The molecule has 0 saturated carbocycles. The first-order chi connectivity index (χ1) is 27.0. The third-order valence-electron chi connectivity index (χ3n) is 9.97. The number of hydrogen-bond acceptors (Lipinski definition) is 10. The lowest BCUT2D eigenvalue weighted by atomic mass is 9.90. The van der Waals surface area contributed by atoms with Crippen LogP contribution in [0.4, 0.5) is 0 Å². The monoisotopic (exact) mass is 774 g/mol. The van der Waals surface area contributed by atoms with Crippen LogP contribution in [0.15, 0.2) is 58.4 Å². The molecule has 0 unspecified atom stereocenters. The molecule has 2 aliphatic heterocycles. The first-order valence-electron chi connectivity index (χ1n) is 18.8. The number of carboxylic acid groups (broad SMARTS) is 2. The van der Waals surface area contributed by atoms with Crippen LogP contribution in [0.5, 0.6) is 23.0 Å². The van der Waals surface area contributed by atoms with Crippen molar-refractivity contribution >= 4 is 11.9 Å². The highest BCUT2D eigenvalue weighted by Crippen LogP contribution is 2.43. The molecule has 0 bridgehead atoms. The molecular formula is C42H50N2O12. The number of methoxy groups -OCH3 is 2. The zero-order valence-electron chi connectivity index (χ0n) is 32.7. The van der Waals surface area contributed by atoms with Crippen LogP contribution in [0.25, 0.3) is 22.5 Å². The van der Waals surface area contributed by atoms with Gasteiger partial charge in [-0.25, -0.2) is 9.59 Å². The molecule has 0 saturated heterocycles. The SMILES string of the molecule is CCOCCOc1cc2c(cc1OC)-c1cc(=O)c(C(=O)O)cn1[C@@H](CC)C2.CCOCCOc1cc2c(cc1OC)-c1cc(=O)c(C(=O)O)cn1[C@H](CC)C2. The number of carboxylic acids is 2. The second kappa shape index (κ2) is 18.8. The zero-order valence-corrected chi connectivity index (χ0v) is 32.7. The Kier molecular flexibility index (Phi) is 14.0. The van der Waals surface area contributed by atoms with Crippen LogP contribution < -0.4 is 29.8 Å². The predicted octanol–water partition coefficient (Wildman–Crippen LogP) is 6.29. The Morgan fingerprint density at radius 2 is 1.00 bits per heavy atom. The standard InChI is InChI=1S/2C21H25NO6/c2*1-4-14-8-13-9-20(28-7-6-27-5-2)19(26-3)10-15(13)17-11-18(23)16(21(24)25)12-22(14)17/h2*9-12,14H,4-8H2,1-3H3,(H,24,25)/t2*14-/m10/s1. The van der Waals surface area contributed by atoms with Crippen molar-refractivity contribution in [2.24, 2.45) is 0 Å². The lowest BCUT2D eigenvalue weighted by Gasteiger charge is -2.31. The van der Waals surface area contributed by atoms with Gasteiger partial charge in [0.15, 0.2) is 33.9 Å². The molecule has 4 heterocycles. The maximum Gasteiger partial charge on any atom is 0.341 e. The van der Waals surface area contributed by atoms with Crippen molar-refractivity contribution in [3.63, 3.8) is 0 Å². The Morgan fingerprint density at radius 1 is 0.607 bits per heavy atom. The molecule has 56 heavy (non-hydrogen) atoms. The van der Waals surface area contributed by atoms with Gasteiger partial charge in [-0.3, -0.25) is 9.59 Å². The van der Waals surface area contributed by atoms with Crippen molar-refractivity contribution in [2.75, 3.05) is 53.9 Å². The molecule has 2 aliphatic rings. The van der Waals surface area contributed by atoms with E-state index in [0.29, 0.717) is 86.9 Å². The fourth-order valence-electron chi connectivity index (χ4n) is 7.12. The molecule has 14 nitrogen and oxygen atoms in total. The Bertz CT molecular complexity index is 2020. The number of hydrogen-bond donors (Lipinski definition) is 2. The summed E-state index contributed by atoms with van der Waals surface area (Å²) >= 11 is 0. The summed E-state index contributed by atoms with van der Waals surface area (Å²) in [5, 5.41) is 18.6. The van der Waals surface area contributed by atoms with Gasteiger partial charge in [0.25, 0.3) is 0 Å². The van der Waals surface area contributed by atoms with Gasteiger partial charge in [0.1, 0.15) is 24.3 Å². The van der Waals surface area contributed by atoms with Crippen LogP contribution in [0.1, 0.15) is 84.5 Å². The summed E-state index contributed by atoms with van der Waals surface area (Å²) in [6.45, 7) is 11.0. The molecule has 4 aromatic rings. The van der Waals surface area contributed by atoms with Gasteiger partial charge in [0.2, 0.25) is 0 Å². The molecule has 0 fully saturated rings. The van der Waals surface area contributed by atoms with Crippen LogP contribution in [0.2, 0.25) is 0 Å². The highest BCUT2D eigenvalue weighted by molar-refractivity contribution is 5.88. The molecule has 0 spiro atoms. The summed E-state index contributed by atoms with van der Waals surface area (Å²) in [7, 11) is 3.13. The minimum Gasteiger partial charge on any atom is -0.493 e. The van der Waals surface area contributed by atoms with Gasteiger partial charge in [-0.05, 0) is 74.9 Å². The molecule has 2 aromatic heterocycles. The van der Waals surface area contributed by atoms with E-state index in [0.717, 1.165) is 35.1 Å². The van der Waals surface area contributed by atoms with E-state index >= 15 is 0 Å². The van der Waals surface area contributed by atoms with Crippen molar-refractivity contribution in [3.8, 4) is 45.5 Å². The van der Waals surface area contributed by atoms with Gasteiger partial charge in [-0.2, -0.15) is 0 Å². The Labute approximate surface area is 325 Å². The minimum absolute atomic E-state index is 0.0610. The number of fused-ring (bicyclic) bond motifs is 6. The predicted molar refractivity (Wildman–Crippen MR) is 209 cm³/mol. The van der Waals surface area contributed by atoms with E-state index in [1.165, 1.54) is 24.5 Å². The normalized spacial score (nSPS) is 14.9. The van der Waals surface area contributed by atoms with Crippen LogP contribution in [-0.2, 0) is 22.3 Å². The molecule has 0 radical (unpaired) electrons. The van der Waals surface area contributed by atoms with E-state index in [4.69, 9.17) is 28.4 Å². The van der Waals surface area contributed by atoms with Crippen LogP contribution >= 0.6 is 0 Å². The maximum absolute atomic E-state index is 12.3. The maximum atomic E-state index is 12.3. The quantitative estimate of drug-likeness (QED) is 0.122. The van der Waals surface area contributed by atoms with E-state index in [1.807, 2.05) is 61.1 Å². The Balaban J connectivity index is 0.000000214. The fraction of sp³-hybridized carbons (Fsp3) is 0.429. The van der Waals surface area contributed by atoms with Crippen LogP contribution in [0, 0.1) is 0 Å². The summed E-state index contributed by atoms with van der Waals surface area (Å²) in [6, 6.07) is 10.5. The molecule has 0 aliphatic carbocycles. The van der Waals surface area contributed by atoms with Gasteiger partial charge < -0.3 is 47.8 Å². The van der Waals surface area contributed by atoms with E-state index in [-0.39, 0.29) is 23.2 Å². The van der Waals surface area contributed by atoms with Gasteiger partial charge >= 0.3 is 11.9 Å². The average Bonchev–Trinajstić information content (AvgIpc) is 3.19. The zero-order chi connectivity index (χ0) is 40.5. The fourth-order valence-corrected chi connectivity index (χ4v) is 7.12. The first-order valence-corrected chi connectivity index (χ1v) is 18.8. The van der Waals surface area contributed by atoms with Crippen molar-refractivity contribution in [1.82, 2.24) is 9.13 Å². The van der Waals surface area contributed by atoms with Crippen LogP contribution in [-0.4, -0.2) is 85.1 Å². The highest BCUT2D eigenvalue weighted by atomic mass is 16.5. The summed E-state index contributed by atoms with van der Waals surface area (Å²) in [6.07, 6.45) is 5.95. The average molecular weight is 775 g/mol. The summed E-state index contributed by atoms with van der Waals surface area (Å²) in [4.78, 5) is 47.4. The molecular weight excluding hydrogens is 724 g/mol. The molecule has 2 N–H and O–H groups in total. The number of ether oxygens (including phenoxy) is 6. The highest BCUT2D eigenvalue weighted by Gasteiger charge is 2.28. The van der Waals surface area contributed by atoms with Gasteiger partial charge in [0, 0.05) is 61.0 Å². The first kappa shape index (κ1) is 41.6. The van der Waals surface area contributed by atoms with Crippen LogP contribution in [0.3, 0.4) is 0 Å². The topological polar surface area (TPSA) is 174 Å². The molecule has 6 rings (SSSR count). The lowest BCUT2D eigenvalue weighted by Crippen LogP contribution is -2.25. The van der Waals surface area contributed by atoms with Crippen molar-refractivity contribution in [3.05, 3.63) is 91.5 Å². The lowest BCUT2D eigenvalue weighted by molar-refractivity contribution is 0.0683. The minimum atomic E-state index is -1.21. The second-order valence-corrected chi connectivity index (χ2v) is 13.2. The number of rotatable bonds is 16. The molecule has 300 valence electrons. The molecule has 14 heteroatoms. The van der Waals surface area contributed by atoms with Gasteiger partial charge in [-0.1, -0.05) is 13.8 Å². The van der Waals surface area contributed by atoms with E-state index < -0.39 is 22.8 Å². The van der Waals surface area contributed by atoms with E-state index in [9.17, 15) is 29.4 Å². The van der Waals surface area contributed by atoms with Crippen molar-refractivity contribution in [2.45, 2.75) is 65.5 Å². The summed E-state index contributed by atoms with van der Waals surface area (Å²) in [5.41, 5.74) is 3.75. The van der Waals surface area contributed by atoms with Crippen molar-refractivity contribution < 1.29 is 48.2 Å². The van der Waals surface area contributed by atoms with Gasteiger partial charge in [-0.15, -0.1) is 0 Å². The van der Waals surface area contributed by atoms with E-state index in [1.54, 1.807) is 14.2 Å². The van der Waals surface area contributed by atoms with E-state index in [2.05, 4.69) is 0 Å².